The average molecular weight is 379 g/mol. The molecule has 0 atom stereocenters. The Labute approximate surface area is 134 Å². The van der Waals surface area contributed by atoms with E-state index in [4.69, 9.17) is 0 Å². The molecule has 0 aliphatic carbocycles. The molecule has 21 heavy (non-hydrogen) atoms. The fourth-order valence-electron chi connectivity index (χ4n) is 2.75. The number of alkyl halides is 1. The van der Waals surface area contributed by atoms with E-state index in [1.807, 2.05) is 0 Å². The predicted octanol–water partition coefficient (Wildman–Crippen LogP) is 2.14. The van der Waals surface area contributed by atoms with Crippen molar-refractivity contribution in [1.29, 1.82) is 0 Å². The highest BCUT2D eigenvalue weighted by atomic mass is 79.9. The van der Waals surface area contributed by atoms with Crippen molar-refractivity contribution in [3.63, 3.8) is 0 Å². The molecule has 0 amide bonds. The summed E-state index contributed by atoms with van der Waals surface area (Å²) in [4.78, 5) is 2.48. The van der Waals surface area contributed by atoms with Crippen LogP contribution in [-0.4, -0.2) is 55.7 Å². The SMILES string of the molecule is Cc1cc(F)cc(C)c1S(=O)(=O)N1CCN(CCBr)CC1. The average Bonchev–Trinajstić information content (AvgIpc) is 2.38. The third-order valence-electron chi connectivity index (χ3n) is 3.75. The Hall–Kier alpha value is -0.500. The second-order valence-electron chi connectivity index (χ2n) is 5.30. The summed E-state index contributed by atoms with van der Waals surface area (Å²) in [5, 5.41) is 0.885. The summed E-state index contributed by atoms with van der Waals surface area (Å²) in [5.41, 5.74) is 0.936. The lowest BCUT2D eigenvalue weighted by atomic mass is 10.1. The molecule has 4 nitrogen and oxygen atoms in total. The topological polar surface area (TPSA) is 40.6 Å². The van der Waals surface area contributed by atoms with Crippen molar-refractivity contribution in [3.05, 3.63) is 29.1 Å². The molecule has 0 N–H and O–H groups in total. The summed E-state index contributed by atoms with van der Waals surface area (Å²) in [6.07, 6.45) is 0. The molecule has 0 unspecified atom stereocenters. The number of hydrogen-bond acceptors (Lipinski definition) is 3. The monoisotopic (exact) mass is 378 g/mol. The Kier molecular flexibility index (Phi) is 5.40. The zero-order valence-electron chi connectivity index (χ0n) is 12.3. The van der Waals surface area contributed by atoms with Crippen LogP contribution in [-0.2, 0) is 10.0 Å². The van der Waals surface area contributed by atoms with Crippen molar-refractivity contribution in [1.82, 2.24) is 9.21 Å². The van der Waals surface area contributed by atoms with Crippen LogP contribution in [0.15, 0.2) is 17.0 Å². The minimum Gasteiger partial charge on any atom is -0.300 e. The minimum atomic E-state index is -3.55. The van der Waals surface area contributed by atoms with E-state index >= 15 is 0 Å². The zero-order valence-corrected chi connectivity index (χ0v) is 14.7. The maximum atomic E-state index is 13.4. The maximum absolute atomic E-state index is 13.4. The lowest BCUT2D eigenvalue weighted by Crippen LogP contribution is -2.49. The van der Waals surface area contributed by atoms with Crippen LogP contribution in [0.5, 0.6) is 0 Å². The lowest BCUT2D eigenvalue weighted by Gasteiger charge is -2.34. The number of benzene rings is 1. The van der Waals surface area contributed by atoms with Gasteiger partial charge in [0.05, 0.1) is 4.90 Å². The highest BCUT2D eigenvalue weighted by molar-refractivity contribution is 9.09. The molecule has 1 aromatic carbocycles. The molecular weight excluding hydrogens is 359 g/mol. The first-order chi connectivity index (χ1) is 9.86. The summed E-state index contributed by atoms with van der Waals surface area (Å²) in [6.45, 7) is 6.61. The first kappa shape index (κ1) is 16.9. The molecule has 0 bridgehead atoms. The van der Waals surface area contributed by atoms with Gasteiger partial charge in [0.25, 0.3) is 0 Å². The van der Waals surface area contributed by atoms with E-state index in [1.165, 1.54) is 16.4 Å². The van der Waals surface area contributed by atoms with Crippen molar-refractivity contribution < 1.29 is 12.8 Å². The maximum Gasteiger partial charge on any atom is 0.243 e. The van der Waals surface area contributed by atoms with E-state index in [0.29, 0.717) is 24.2 Å². The second kappa shape index (κ2) is 6.73. The van der Waals surface area contributed by atoms with Gasteiger partial charge in [-0.05, 0) is 37.1 Å². The molecule has 0 saturated carbocycles. The highest BCUT2D eigenvalue weighted by Crippen LogP contribution is 2.25. The molecule has 1 aliphatic rings. The molecule has 1 fully saturated rings. The number of rotatable bonds is 4. The van der Waals surface area contributed by atoms with Crippen LogP contribution >= 0.6 is 15.9 Å². The summed E-state index contributed by atoms with van der Waals surface area (Å²) < 4.78 is 40.4. The van der Waals surface area contributed by atoms with Gasteiger partial charge >= 0.3 is 0 Å². The van der Waals surface area contributed by atoms with Gasteiger partial charge < -0.3 is 0 Å². The Morgan fingerprint density at radius 2 is 1.67 bits per heavy atom. The number of sulfonamides is 1. The van der Waals surface area contributed by atoms with Crippen LogP contribution in [0.4, 0.5) is 4.39 Å². The van der Waals surface area contributed by atoms with Gasteiger partial charge in [0, 0.05) is 38.1 Å². The summed E-state index contributed by atoms with van der Waals surface area (Å²) in [5.74, 6) is -0.397. The first-order valence-electron chi connectivity index (χ1n) is 6.91. The molecule has 0 radical (unpaired) electrons. The summed E-state index contributed by atoms with van der Waals surface area (Å²) >= 11 is 3.39. The van der Waals surface area contributed by atoms with Gasteiger partial charge in [-0.3, -0.25) is 4.90 Å². The molecule has 1 heterocycles. The Morgan fingerprint density at radius 1 is 1.14 bits per heavy atom. The zero-order chi connectivity index (χ0) is 15.6. The smallest absolute Gasteiger partial charge is 0.243 e. The standard InChI is InChI=1S/C14H20BrFN2O2S/c1-11-9-13(16)10-12(2)14(11)21(19,20)18-7-5-17(4-3-15)6-8-18/h9-10H,3-8H2,1-2H3. The van der Waals surface area contributed by atoms with Gasteiger partial charge in [0.1, 0.15) is 5.82 Å². The molecule has 7 heteroatoms. The molecule has 1 aromatic rings. The minimum absolute atomic E-state index is 0.248. The quantitative estimate of drug-likeness (QED) is 0.753. The van der Waals surface area contributed by atoms with Gasteiger partial charge in [-0.25, -0.2) is 12.8 Å². The second-order valence-corrected chi connectivity index (χ2v) is 7.97. The number of hydrogen-bond donors (Lipinski definition) is 0. The number of nitrogens with zero attached hydrogens (tertiary/aromatic N) is 2. The third-order valence-corrected chi connectivity index (χ3v) is 6.31. The van der Waals surface area contributed by atoms with E-state index in [9.17, 15) is 12.8 Å². The van der Waals surface area contributed by atoms with Gasteiger partial charge in [-0.15, -0.1) is 0 Å². The van der Waals surface area contributed by atoms with Crippen molar-refractivity contribution in [2.45, 2.75) is 18.7 Å². The molecule has 0 spiro atoms. The van der Waals surface area contributed by atoms with E-state index < -0.39 is 15.8 Å². The van der Waals surface area contributed by atoms with Crippen LogP contribution in [0.25, 0.3) is 0 Å². The molecule has 0 aromatic heterocycles. The van der Waals surface area contributed by atoms with Crippen molar-refractivity contribution in [2.24, 2.45) is 0 Å². The lowest BCUT2D eigenvalue weighted by molar-refractivity contribution is 0.198. The Balaban J connectivity index is 2.24. The third kappa shape index (κ3) is 3.64. The van der Waals surface area contributed by atoms with E-state index in [-0.39, 0.29) is 4.90 Å². The Bertz CT molecular complexity index is 590. The van der Waals surface area contributed by atoms with Crippen molar-refractivity contribution in [3.8, 4) is 0 Å². The van der Waals surface area contributed by atoms with Crippen LogP contribution in [0, 0.1) is 19.7 Å². The first-order valence-corrected chi connectivity index (χ1v) is 9.47. The van der Waals surface area contributed by atoms with Crippen molar-refractivity contribution >= 4 is 26.0 Å². The number of aryl methyl sites for hydroxylation is 2. The fraction of sp³-hybridized carbons (Fsp3) is 0.571. The number of piperazine rings is 1. The molecule has 1 aliphatic heterocycles. The number of halogens is 2. The molecular formula is C14H20BrFN2O2S. The van der Waals surface area contributed by atoms with Crippen LogP contribution in [0.3, 0.4) is 0 Å². The summed E-state index contributed by atoms with van der Waals surface area (Å²) in [7, 11) is -3.55. The van der Waals surface area contributed by atoms with Crippen LogP contribution < -0.4 is 0 Å². The molecule has 2 rings (SSSR count). The van der Waals surface area contributed by atoms with E-state index in [2.05, 4.69) is 20.8 Å². The van der Waals surface area contributed by atoms with Crippen molar-refractivity contribution in [2.75, 3.05) is 38.1 Å². The molecule has 1 saturated heterocycles. The molecule has 118 valence electrons. The largest absolute Gasteiger partial charge is 0.300 e. The van der Waals surface area contributed by atoms with Gasteiger partial charge in [0.15, 0.2) is 0 Å². The summed E-state index contributed by atoms with van der Waals surface area (Å²) in [6, 6.07) is 2.56. The normalized spacial score (nSPS) is 18.1. The van der Waals surface area contributed by atoms with Gasteiger partial charge in [0.2, 0.25) is 10.0 Å². The van der Waals surface area contributed by atoms with Gasteiger partial charge in [-0.1, -0.05) is 15.9 Å². The van der Waals surface area contributed by atoms with Crippen LogP contribution in [0.1, 0.15) is 11.1 Å². The fourth-order valence-corrected chi connectivity index (χ4v) is 5.08. The van der Waals surface area contributed by atoms with Gasteiger partial charge in [-0.2, -0.15) is 4.31 Å². The highest BCUT2D eigenvalue weighted by Gasteiger charge is 2.30. The van der Waals surface area contributed by atoms with E-state index in [0.717, 1.165) is 25.0 Å². The Morgan fingerprint density at radius 3 is 2.14 bits per heavy atom. The predicted molar refractivity (Wildman–Crippen MR) is 84.9 cm³/mol. The van der Waals surface area contributed by atoms with E-state index in [1.54, 1.807) is 13.8 Å². The van der Waals surface area contributed by atoms with Crippen LogP contribution in [0.2, 0.25) is 0 Å².